The highest BCUT2D eigenvalue weighted by molar-refractivity contribution is 7.89. The van der Waals surface area contributed by atoms with Gasteiger partial charge in [0.25, 0.3) is 0 Å². The summed E-state index contributed by atoms with van der Waals surface area (Å²) in [7, 11) is -3.64. The van der Waals surface area contributed by atoms with E-state index in [0.29, 0.717) is 10.7 Å². The zero-order valence-corrected chi connectivity index (χ0v) is 13.4. The molecule has 3 N–H and O–H groups in total. The maximum atomic E-state index is 12.4. The molecule has 4 nitrogen and oxygen atoms in total. The van der Waals surface area contributed by atoms with Crippen molar-refractivity contribution in [1.29, 1.82) is 0 Å². The molecule has 0 aliphatic heterocycles. The molecule has 2 rings (SSSR count). The fourth-order valence-corrected chi connectivity index (χ4v) is 3.65. The average Bonchev–Trinajstić information content (AvgIpc) is 2.37. The van der Waals surface area contributed by atoms with Gasteiger partial charge in [0.05, 0.1) is 4.90 Å². The van der Waals surface area contributed by atoms with E-state index < -0.39 is 16.1 Å². The van der Waals surface area contributed by atoms with E-state index >= 15 is 0 Å². The molecule has 0 aliphatic rings. The predicted octanol–water partition coefficient (Wildman–Crippen LogP) is 3.27. The van der Waals surface area contributed by atoms with Crippen LogP contribution < -0.4 is 10.5 Å². The standard InChI is InChI=1S/C15H17ClN2O2S/c1-10-6-14(17)9-15(7-10)21(19,20)18-11(2)12-4-3-5-13(16)8-12/h3-9,11,18H,17H2,1-2H3. The first-order valence-electron chi connectivity index (χ1n) is 6.43. The lowest BCUT2D eigenvalue weighted by molar-refractivity contribution is 0.567. The van der Waals surface area contributed by atoms with Gasteiger partial charge in [-0.25, -0.2) is 13.1 Å². The zero-order valence-electron chi connectivity index (χ0n) is 11.8. The molecule has 0 heterocycles. The molecule has 2 aromatic rings. The number of anilines is 1. The highest BCUT2D eigenvalue weighted by Crippen LogP contribution is 2.21. The molecule has 6 heteroatoms. The quantitative estimate of drug-likeness (QED) is 0.848. The minimum atomic E-state index is -3.64. The van der Waals surface area contributed by atoms with Gasteiger partial charge in [0, 0.05) is 16.8 Å². The van der Waals surface area contributed by atoms with Crippen LogP contribution in [0.2, 0.25) is 5.02 Å². The number of aryl methyl sites for hydroxylation is 1. The van der Waals surface area contributed by atoms with E-state index in [2.05, 4.69) is 4.72 Å². The summed E-state index contributed by atoms with van der Waals surface area (Å²) in [5.74, 6) is 0. The van der Waals surface area contributed by atoms with Crippen LogP contribution in [0.25, 0.3) is 0 Å². The van der Waals surface area contributed by atoms with Crippen molar-refractivity contribution < 1.29 is 8.42 Å². The Balaban J connectivity index is 2.28. The zero-order chi connectivity index (χ0) is 15.6. The van der Waals surface area contributed by atoms with Crippen LogP contribution in [0.5, 0.6) is 0 Å². The van der Waals surface area contributed by atoms with E-state index in [1.165, 1.54) is 6.07 Å². The van der Waals surface area contributed by atoms with Crippen molar-refractivity contribution in [1.82, 2.24) is 4.72 Å². The van der Waals surface area contributed by atoms with Gasteiger partial charge in [-0.05, 0) is 55.3 Å². The minimum Gasteiger partial charge on any atom is -0.399 e. The molecule has 0 saturated heterocycles. The topological polar surface area (TPSA) is 72.2 Å². The van der Waals surface area contributed by atoms with Gasteiger partial charge in [0.15, 0.2) is 0 Å². The lowest BCUT2D eigenvalue weighted by Crippen LogP contribution is -2.27. The molecule has 21 heavy (non-hydrogen) atoms. The Labute approximate surface area is 130 Å². The fourth-order valence-electron chi connectivity index (χ4n) is 2.08. The summed E-state index contributed by atoms with van der Waals surface area (Å²) in [6.45, 7) is 3.57. The maximum absolute atomic E-state index is 12.4. The van der Waals surface area contributed by atoms with Crippen LogP contribution >= 0.6 is 11.6 Å². The van der Waals surface area contributed by atoms with Crippen LogP contribution in [0.3, 0.4) is 0 Å². The molecule has 0 bridgehead atoms. The summed E-state index contributed by atoms with van der Waals surface area (Å²) in [6.07, 6.45) is 0. The van der Waals surface area contributed by atoms with Gasteiger partial charge in [-0.15, -0.1) is 0 Å². The molecule has 0 amide bonds. The van der Waals surface area contributed by atoms with E-state index in [1.54, 1.807) is 44.2 Å². The molecule has 1 atom stereocenters. The minimum absolute atomic E-state index is 0.161. The first-order chi connectivity index (χ1) is 9.78. The molecule has 0 saturated carbocycles. The van der Waals surface area contributed by atoms with E-state index in [9.17, 15) is 8.42 Å². The molecule has 0 aromatic heterocycles. The summed E-state index contributed by atoms with van der Waals surface area (Å²) < 4.78 is 27.4. The molecular formula is C15H17ClN2O2S. The molecule has 0 aliphatic carbocycles. The summed E-state index contributed by atoms with van der Waals surface area (Å²) >= 11 is 5.92. The number of rotatable bonds is 4. The van der Waals surface area contributed by atoms with Gasteiger partial charge < -0.3 is 5.73 Å². The number of hydrogen-bond donors (Lipinski definition) is 2. The van der Waals surface area contributed by atoms with Gasteiger partial charge in [-0.2, -0.15) is 0 Å². The third-order valence-corrected chi connectivity index (χ3v) is 4.82. The third kappa shape index (κ3) is 3.97. The number of nitrogen functional groups attached to an aromatic ring is 1. The van der Waals surface area contributed by atoms with Gasteiger partial charge in [0.2, 0.25) is 10.0 Å². The molecule has 0 spiro atoms. The molecule has 0 fully saturated rings. The van der Waals surface area contributed by atoms with Crippen LogP contribution in [0.1, 0.15) is 24.1 Å². The molecule has 1 unspecified atom stereocenters. The summed E-state index contributed by atoms with van der Waals surface area (Å²) in [5.41, 5.74) is 7.73. The van der Waals surface area contributed by atoms with Crippen LogP contribution in [0, 0.1) is 6.92 Å². The monoisotopic (exact) mass is 324 g/mol. The SMILES string of the molecule is Cc1cc(N)cc(S(=O)(=O)NC(C)c2cccc(Cl)c2)c1. The Bertz CT molecular complexity index is 740. The number of nitrogens with two attached hydrogens (primary N) is 1. The van der Waals surface area contributed by atoms with Gasteiger partial charge >= 0.3 is 0 Å². The first kappa shape index (κ1) is 15.8. The maximum Gasteiger partial charge on any atom is 0.241 e. The Morgan fingerprint density at radius 2 is 1.90 bits per heavy atom. The average molecular weight is 325 g/mol. The summed E-state index contributed by atoms with van der Waals surface area (Å²) in [6, 6.07) is 11.4. The van der Waals surface area contributed by atoms with E-state index in [-0.39, 0.29) is 4.90 Å². The largest absolute Gasteiger partial charge is 0.399 e. The van der Waals surface area contributed by atoms with Crippen LogP contribution in [0.15, 0.2) is 47.4 Å². The van der Waals surface area contributed by atoms with Crippen LogP contribution in [0.4, 0.5) is 5.69 Å². The van der Waals surface area contributed by atoms with Gasteiger partial charge in [-0.1, -0.05) is 23.7 Å². The Morgan fingerprint density at radius 3 is 2.52 bits per heavy atom. The van der Waals surface area contributed by atoms with Gasteiger partial charge in [-0.3, -0.25) is 0 Å². The van der Waals surface area contributed by atoms with Crippen molar-refractivity contribution >= 4 is 27.3 Å². The van der Waals surface area contributed by atoms with Crippen molar-refractivity contribution in [2.75, 3.05) is 5.73 Å². The smallest absolute Gasteiger partial charge is 0.241 e. The van der Waals surface area contributed by atoms with Crippen molar-refractivity contribution in [2.45, 2.75) is 24.8 Å². The normalized spacial score (nSPS) is 13.1. The second-order valence-electron chi connectivity index (χ2n) is 4.98. The predicted molar refractivity (Wildman–Crippen MR) is 85.8 cm³/mol. The second kappa shape index (κ2) is 6.05. The first-order valence-corrected chi connectivity index (χ1v) is 8.29. The number of nitrogens with one attached hydrogen (secondary N) is 1. The number of sulfonamides is 1. The van der Waals surface area contributed by atoms with Crippen molar-refractivity contribution in [2.24, 2.45) is 0 Å². The lowest BCUT2D eigenvalue weighted by Gasteiger charge is -2.15. The number of halogens is 1. The number of hydrogen-bond acceptors (Lipinski definition) is 3. The van der Waals surface area contributed by atoms with Crippen molar-refractivity contribution in [3.05, 3.63) is 58.6 Å². The van der Waals surface area contributed by atoms with E-state index in [0.717, 1.165) is 11.1 Å². The van der Waals surface area contributed by atoms with E-state index in [1.807, 2.05) is 6.07 Å². The van der Waals surface area contributed by atoms with E-state index in [4.69, 9.17) is 17.3 Å². The van der Waals surface area contributed by atoms with Gasteiger partial charge in [0.1, 0.15) is 0 Å². The summed E-state index contributed by atoms with van der Waals surface area (Å²) in [4.78, 5) is 0.161. The highest BCUT2D eigenvalue weighted by atomic mass is 35.5. The molecule has 2 aromatic carbocycles. The fraction of sp³-hybridized carbons (Fsp3) is 0.200. The van der Waals surface area contributed by atoms with Crippen LogP contribution in [-0.2, 0) is 10.0 Å². The Hall–Kier alpha value is -1.56. The molecular weight excluding hydrogens is 308 g/mol. The molecule has 0 radical (unpaired) electrons. The Kier molecular flexibility index (Phi) is 4.56. The summed E-state index contributed by atoms with van der Waals surface area (Å²) in [5, 5.41) is 0.568. The highest BCUT2D eigenvalue weighted by Gasteiger charge is 2.19. The third-order valence-electron chi connectivity index (χ3n) is 3.06. The van der Waals surface area contributed by atoms with Crippen molar-refractivity contribution in [3.63, 3.8) is 0 Å². The lowest BCUT2D eigenvalue weighted by atomic mass is 10.1. The molecule has 112 valence electrons. The number of benzene rings is 2. The van der Waals surface area contributed by atoms with Crippen LogP contribution in [-0.4, -0.2) is 8.42 Å². The van der Waals surface area contributed by atoms with Crippen molar-refractivity contribution in [3.8, 4) is 0 Å². The Morgan fingerprint density at radius 1 is 1.19 bits per heavy atom. The second-order valence-corrected chi connectivity index (χ2v) is 7.13.